The second-order valence-corrected chi connectivity index (χ2v) is 6.71. The highest BCUT2D eigenvalue weighted by Crippen LogP contribution is 2.26. The summed E-state index contributed by atoms with van der Waals surface area (Å²) in [6.07, 6.45) is 7.92. The predicted octanol–water partition coefficient (Wildman–Crippen LogP) is 6.37. The van der Waals surface area contributed by atoms with Gasteiger partial charge in [-0.2, -0.15) is 0 Å². The van der Waals surface area contributed by atoms with Crippen LogP contribution in [-0.2, 0) is 6.54 Å². The smallest absolute Gasteiger partial charge is 0.141 e. The van der Waals surface area contributed by atoms with Gasteiger partial charge in [0.2, 0.25) is 0 Å². The lowest BCUT2D eigenvalue weighted by atomic mass is 10.1. The molecule has 0 fully saturated rings. The quantitative estimate of drug-likeness (QED) is 0.441. The summed E-state index contributed by atoms with van der Waals surface area (Å²) in [4.78, 5) is 4.92. The highest BCUT2D eigenvalue weighted by atomic mass is 15.1. The molecule has 0 unspecified atom stereocenters. The van der Waals surface area contributed by atoms with Crippen molar-refractivity contribution < 1.29 is 0 Å². The Morgan fingerprint density at radius 1 is 0.875 bits per heavy atom. The maximum atomic E-state index is 4.92. The SMILES string of the molecule is CCCCCCCCn1c(-c2cccc(C)c2)nc2ccccc21. The number of nitrogens with zero attached hydrogens (tertiary/aromatic N) is 2. The molecular weight excluding hydrogens is 292 g/mol. The van der Waals surface area contributed by atoms with Crippen molar-refractivity contribution in [2.24, 2.45) is 0 Å². The largest absolute Gasteiger partial charge is 0.324 e. The van der Waals surface area contributed by atoms with E-state index in [1.54, 1.807) is 0 Å². The van der Waals surface area contributed by atoms with Crippen molar-refractivity contribution in [2.75, 3.05) is 0 Å². The van der Waals surface area contributed by atoms with E-state index < -0.39 is 0 Å². The topological polar surface area (TPSA) is 17.8 Å². The third-order valence-electron chi connectivity index (χ3n) is 4.67. The fourth-order valence-corrected chi connectivity index (χ4v) is 3.36. The molecule has 0 aliphatic carbocycles. The highest BCUT2D eigenvalue weighted by molar-refractivity contribution is 5.80. The van der Waals surface area contributed by atoms with Gasteiger partial charge in [0, 0.05) is 12.1 Å². The lowest BCUT2D eigenvalue weighted by Gasteiger charge is -2.10. The highest BCUT2D eigenvalue weighted by Gasteiger charge is 2.12. The Hall–Kier alpha value is -2.09. The first-order valence-electron chi connectivity index (χ1n) is 9.32. The van der Waals surface area contributed by atoms with E-state index in [9.17, 15) is 0 Å². The first-order chi connectivity index (χ1) is 11.8. The molecule has 0 aliphatic rings. The van der Waals surface area contributed by atoms with Gasteiger partial charge < -0.3 is 4.57 Å². The molecule has 0 bridgehead atoms. The minimum absolute atomic E-state index is 1.05. The third kappa shape index (κ3) is 3.87. The minimum atomic E-state index is 1.05. The number of hydrogen-bond donors (Lipinski definition) is 0. The minimum Gasteiger partial charge on any atom is -0.324 e. The van der Waals surface area contributed by atoms with Gasteiger partial charge in [-0.3, -0.25) is 0 Å². The second-order valence-electron chi connectivity index (χ2n) is 6.71. The van der Waals surface area contributed by atoms with Crippen LogP contribution in [0.2, 0.25) is 0 Å². The van der Waals surface area contributed by atoms with Crippen LogP contribution >= 0.6 is 0 Å². The molecule has 3 aromatic rings. The van der Waals surface area contributed by atoms with Gasteiger partial charge in [0.25, 0.3) is 0 Å². The van der Waals surface area contributed by atoms with Gasteiger partial charge in [-0.25, -0.2) is 4.98 Å². The van der Waals surface area contributed by atoms with Crippen LogP contribution in [-0.4, -0.2) is 9.55 Å². The van der Waals surface area contributed by atoms with E-state index in [1.165, 1.54) is 55.2 Å². The molecule has 0 saturated carbocycles. The molecule has 24 heavy (non-hydrogen) atoms. The molecule has 0 atom stereocenters. The molecule has 126 valence electrons. The normalized spacial score (nSPS) is 11.2. The van der Waals surface area contributed by atoms with Gasteiger partial charge >= 0.3 is 0 Å². The summed E-state index contributed by atoms with van der Waals surface area (Å²) < 4.78 is 2.41. The molecule has 0 radical (unpaired) electrons. The van der Waals surface area contributed by atoms with E-state index in [4.69, 9.17) is 4.98 Å². The van der Waals surface area contributed by atoms with Gasteiger partial charge in [0.05, 0.1) is 11.0 Å². The Morgan fingerprint density at radius 2 is 1.67 bits per heavy atom. The Balaban J connectivity index is 1.83. The van der Waals surface area contributed by atoms with E-state index in [1.807, 2.05) is 0 Å². The van der Waals surface area contributed by atoms with Crippen LogP contribution in [0.3, 0.4) is 0 Å². The van der Waals surface area contributed by atoms with Gasteiger partial charge in [-0.05, 0) is 31.5 Å². The van der Waals surface area contributed by atoms with Crippen LogP contribution < -0.4 is 0 Å². The predicted molar refractivity (Wildman–Crippen MR) is 103 cm³/mol. The van der Waals surface area contributed by atoms with Gasteiger partial charge in [0.15, 0.2) is 0 Å². The summed E-state index contributed by atoms with van der Waals surface area (Å²) in [5.41, 5.74) is 4.85. The zero-order chi connectivity index (χ0) is 16.8. The number of hydrogen-bond acceptors (Lipinski definition) is 1. The molecule has 3 rings (SSSR count). The molecule has 0 aliphatic heterocycles. The van der Waals surface area contributed by atoms with Crippen LogP contribution in [0.5, 0.6) is 0 Å². The maximum Gasteiger partial charge on any atom is 0.141 e. The molecule has 0 spiro atoms. The molecule has 2 heteroatoms. The number of imidazole rings is 1. The number of rotatable bonds is 8. The van der Waals surface area contributed by atoms with Crippen LogP contribution in [0.4, 0.5) is 0 Å². The monoisotopic (exact) mass is 320 g/mol. The van der Waals surface area contributed by atoms with Crippen LogP contribution in [0.15, 0.2) is 48.5 Å². The van der Waals surface area contributed by atoms with Gasteiger partial charge in [0.1, 0.15) is 5.82 Å². The Bertz CT molecular complexity index is 786. The summed E-state index contributed by atoms with van der Waals surface area (Å²) >= 11 is 0. The van der Waals surface area contributed by atoms with E-state index in [0.29, 0.717) is 0 Å². The van der Waals surface area contributed by atoms with Gasteiger partial charge in [-0.15, -0.1) is 0 Å². The number of benzene rings is 2. The van der Waals surface area contributed by atoms with Crippen molar-refractivity contribution in [3.05, 3.63) is 54.1 Å². The number of fused-ring (bicyclic) bond motifs is 1. The Kier molecular flexibility index (Phi) is 5.68. The standard InChI is InChI=1S/C22H28N2/c1-3-4-5-6-7-10-16-24-21-15-9-8-14-20(21)23-22(24)19-13-11-12-18(2)17-19/h8-9,11-15,17H,3-7,10,16H2,1-2H3. The zero-order valence-electron chi connectivity index (χ0n) is 15.0. The van der Waals surface area contributed by atoms with Gasteiger partial charge in [-0.1, -0.05) is 74.9 Å². The fraction of sp³-hybridized carbons (Fsp3) is 0.409. The van der Waals surface area contributed by atoms with E-state index in [0.717, 1.165) is 17.9 Å². The molecule has 2 nitrogen and oxygen atoms in total. The average molecular weight is 320 g/mol. The fourth-order valence-electron chi connectivity index (χ4n) is 3.36. The molecular formula is C22H28N2. The number of unbranched alkanes of at least 4 members (excludes halogenated alkanes) is 5. The lowest BCUT2D eigenvalue weighted by Crippen LogP contribution is -2.01. The summed E-state index contributed by atoms with van der Waals surface area (Å²) in [5.74, 6) is 1.11. The van der Waals surface area contributed by atoms with Crippen molar-refractivity contribution >= 4 is 11.0 Å². The van der Waals surface area contributed by atoms with E-state index in [2.05, 4.69) is 66.9 Å². The Labute approximate surface area is 145 Å². The number of aryl methyl sites for hydroxylation is 2. The number of aromatic nitrogens is 2. The third-order valence-corrected chi connectivity index (χ3v) is 4.67. The maximum absolute atomic E-state index is 4.92. The summed E-state index contributed by atoms with van der Waals surface area (Å²) in [6.45, 7) is 5.46. The number of para-hydroxylation sites is 2. The van der Waals surface area contributed by atoms with E-state index >= 15 is 0 Å². The van der Waals surface area contributed by atoms with E-state index in [-0.39, 0.29) is 0 Å². The Morgan fingerprint density at radius 3 is 2.50 bits per heavy atom. The summed E-state index contributed by atoms with van der Waals surface area (Å²) in [5, 5.41) is 0. The average Bonchev–Trinajstić information content (AvgIpc) is 2.97. The van der Waals surface area contributed by atoms with Crippen molar-refractivity contribution in [3.8, 4) is 11.4 Å². The van der Waals surface area contributed by atoms with Crippen LogP contribution in [0.1, 0.15) is 51.0 Å². The molecule has 0 saturated heterocycles. The second kappa shape index (κ2) is 8.14. The van der Waals surface area contributed by atoms with Crippen molar-refractivity contribution in [3.63, 3.8) is 0 Å². The molecule has 1 heterocycles. The van der Waals surface area contributed by atoms with Crippen molar-refractivity contribution in [1.29, 1.82) is 0 Å². The first kappa shape index (κ1) is 16.8. The molecule has 1 aromatic heterocycles. The first-order valence-corrected chi connectivity index (χ1v) is 9.32. The summed E-state index contributed by atoms with van der Waals surface area (Å²) in [7, 11) is 0. The van der Waals surface area contributed by atoms with Crippen LogP contribution in [0, 0.1) is 6.92 Å². The van der Waals surface area contributed by atoms with Crippen molar-refractivity contribution in [1.82, 2.24) is 9.55 Å². The zero-order valence-corrected chi connectivity index (χ0v) is 15.0. The van der Waals surface area contributed by atoms with Crippen LogP contribution in [0.25, 0.3) is 22.4 Å². The van der Waals surface area contributed by atoms with Crippen molar-refractivity contribution in [2.45, 2.75) is 58.9 Å². The lowest BCUT2D eigenvalue weighted by molar-refractivity contribution is 0.566. The molecule has 0 N–H and O–H groups in total. The molecule has 2 aromatic carbocycles. The summed E-state index contributed by atoms with van der Waals surface area (Å²) in [6, 6.07) is 17.2. The molecule has 0 amide bonds.